The van der Waals surface area contributed by atoms with Gasteiger partial charge in [-0.15, -0.1) is 0 Å². The summed E-state index contributed by atoms with van der Waals surface area (Å²) in [6.45, 7) is -1.74. The van der Waals surface area contributed by atoms with Gasteiger partial charge in [-0.05, 0) is 18.2 Å². The number of hydrogen-bond donors (Lipinski definition) is 2. The minimum absolute atomic E-state index is 0.00558. The molecule has 1 rings (SSSR count). The first kappa shape index (κ1) is 15.1. The Bertz CT molecular complexity index is 504. The molecule has 9 heteroatoms. The monoisotopic (exact) mass is 297 g/mol. The number of carboxylic acids is 1. The van der Waals surface area contributed by atoms with Gasteiger partial charge in [0, 0.05) is 10.7 Å². The number of carboxylic acid groups (broad SMARTS) is 1. The summed E-state index contributed by atoms with van der Waals surface area (Å²) in [7, 11) is 0. The lowest BCUT2D eigenvalue weighted by atomic mass is 10.2. The molecule has 2 N–H and O–H groups in total. The van der Waals surface area contributed by atoms with Gasteiger partial charge in [0.15, 0.2) is 6.61 Å². The molecule has 0 saturated heterocycles. The number of ether oxygens (including phenoxy) is 1. The molecule has 0 atom stereocenters. The number of benzene rings is 1. The molecule has 0 saturated carbocycles. The molecule has 0 bridgehead atoms. The van der Waals surface area contributed by atoms with E-state index in [2.05, 4.69) is 4.74 Å². The normalized spacial score (nSPS) is 10.9. The van der Waals surface area contributed by atoms with Crippen LogP contribution in [0.25, 0.3) is 0 Å². The number of halogens is 4. The van der Waals surface area contributed by atoms with Crippen LogP contribution in [-0.2, 0) is 4.74 Å². The summed E-state index contributed by atoms with van der Waals surface area (Å²) in [6, 6.07) is 3.32. The zero-order valence-electron chi connectivity index (χ0n) is 9.12. The van der Waals surface area contributed by atoms with Crippen molar-refractivity contribution < 1.29 is 32.6 Å². The number of hydrogen-bond acceptors (Lipinski definition) is 3. The zero-order valence-corrected chi connectivity index (χ0v) is 9.88. The van der Waals surface area contributed by atoms with E-state index < -0.39 is 24.8 Å². The molecule has 0 aromatic heterocycles. The molecule has 0 fully saturated rings. The van der Waals surface area contributed by atoms with Gasteiger partial charge >= 0.3 is 18.2 Å². The Balaban J connectivity index is 2.71. The Morgan fingerprint density at radius 2 is 1.95 bits per heavy atom. The smallest absolute Gasteiger partial charge is 0.422 e. The highest BCUT2D eigenvalue weighted by molar-refractivity contribution is 6.31. The fourth-order valence-electron chi connectivity index (χ4n) is 1.09. The first-order chi connectivity index (χ1) is 8.67. The van der Waals surface area contributed by atoms with Crippen molar-refractivity contribution in [2.24, 2.45) is 0 Å². The molecule has 0 aliphatic rings. The Hall–Kier alpha value is -1.96. The lowest BCUT2D eigenvalue weighted by Gasteiger charge is -2.09. The van der Waals surface area contributed by atoms with Crippen LogP contribution in [-0.4, -0.2) is 30.0 Å². The third-order valence-electron chi connectivity index (χ3n) is 1.76. The molecule has 0 radical (unpaired) electrons. The highest BCUT2D eigenvalue weighted by Crippen LogP contribution is 2.20. The van der Waals surface area contributed by atoms with E-state index in [1.54, 1.807) is 0 Å². The largest absolute Gasteiger partial charge is 0.478 e. The molecule has 0 spiro atoms. The van der Waals surface area contributed by atoms with E-state index in [1.807, 2.05) is 5.32 Å². The van der Waals surface area contributed by atoms with E-state index in [1.165, 1.54) is 6.07 Å². The summed E-state index contributed by atoms with van der Waals surface area (Å²) in [5, 5.41) is 10.7. The van der Waals surface area contributed by atoms with E-state index in [-0.39, 0.29) is 16.3 Å². The minimum atomic E-state index is -4.64. The minimum Gasteiger partial charge on any atom is -0.478 e. The van der Waals surface area contributed by atoms with Gasteiger partial charge in [-0.1, -0.05) is 11.6 Å². The predicted octanol–water partition coefficient (Wildman–Crippen LogP) is 3.15. The van der Waals surface area contributed by atoms with Crippen LogP contribution in [0.3, 0.4) is 0 Å². The van der Waals surface area contributed by atoms with Crippen molar-refractivity contribution in [1.29, 1.82) is 0 Å². The van der Waals surface area contributed by atoms with Crippen molar-refractivity contribution in [3.63, 3.8) is 0 Å². The van der Waals surface area contributed by atoms with Crippen molar-refractivity contribution in [3.8, 4) is 0 Å². The molecule has 0 aliphatic heterocycles. The van der Waals surface area contributed by atoms with Gasteiger partial charge in [-0.25, -0.2) is 9.59 Å². The second-order valence-corrected chi connectivity index (χ2v) is 3.79. The summed E-state index contributed by atoms with van der Waals surface area (Å²) in [5.74, 6) is -1.30. The molecular formula is C10H7ClF3NO4. The van der Waals surface area contributed by atoms with E-state index in [4.69, 9.17) is 16.7 Å². The van der Waals surface area contributed by atoms with Crippen LogP contribution in [0, 0.1) is 0 Å². The van der Waals surface area contributed by atoms with Gasteiger partial charge < -0.3 is 9.84 Å². The number of alkyl halides is 3. The van der Waals surface area contributed by atoms with Crippen LogP contribution in [0.2, 0.25) is 5.02 Å². The molecule has 0 aliphatic carbocycles. The van der Waals surface area contributed by atoms with Gasteiger partial charge in [-0.3, -0.25) is 5.32 Å². The molecule has 1 aromatic carbocycles. The van der Waals surface area contributed by atoms with E-state index in [0.717, 1.165) is 12.1 Å². The number of aromatic carboxylic acids is 1. The summed E-state index contributed by atoms with van der Waals surface area (Å²) >= 11 is 5.59. The van der Waals surface area contributed by atoms with Gasteiger partial charge in [-0.2, -0.15) is 13.2 Å². The van der Waals surface area contributed by atoms with Crippen LogP contribution in [0.1, 0.15) is 10.4 Å². The van der Waals surface area contributed by atoms with E-state index >= 15 is 0 Å². The summed E-state index contributed by atoms with van der Waals surface area (Å²) in [4.78, 5) is 21.7. The molecule has 1 amide bonds. The summed E-state index contributed by atoms with van der Waals surface area (Å²) in [5.41, 5.74) is -0.310. The third-order valence-corrected chi connectivity index (χ3v) is 1.98. The van der Waals surface area contributed by atoms with Gasteiger partial charge in [0.25, 0.3) is 0 Å². The molecule has 104 valence electrons. The molecule has 0 heterocycles. The van der Waals surface area contributed by atoms with Crippen LogP contribution >= 0.6 is 11.6 Å². The van der Waals surface area contributed by atoms with Crippen LogP contribution in [0.4, 0.5) is 23.7 Å². The molecule has 1 aromatic rings. The van der Waals surface area contributed by atoms with Gasteiger partial charge in [0.2, 0.25) is 0 Å². The fourth-order valence-corrected chi connectivity index (χ4v) is 1.32. The topological polar surface area (TPSA) is 75.6 Å². The summed E-state index contributed by atoms with van der Waals surface area (Å²) < 4.78 is 39.2. The van der Waals surface area contributed by atoms with Crippen molar-refractivity contribution in [1.82, 2.24) is 0 Å². The molecule has 5 nitrogen and oxygen atoms in total. The van der Waals surface area contributed by atoms with Crippen molar-refractivity contribution >= 4 is 29.4 Å². The van der Waals surface area contributed by atoms with Crippen molar-refractivity contribution in [3.05, 3.63) is 28.8 Å². The Labute approximate surface area is 109 Å². The quantitative estimate of drug-likeness (QED) is 0.898. The standard InChI is InChI=1S/C10H7ClF3NO4/c11-6-1-5(8(16)17)2-7(3-6)15-9(18)19-4-10(12,13)14/h1-3H,4H2,(H,15,18)(H,16,17). The third kappa shape index (κ3) is 5.47. The lowest BCUT2D eigenvalue weighted by molar-refractivity contribution is -0.159. The maximum Gasteiger partial charge on any atom is 0.422 e. The van der Waals surface area contributed by atoms with Gasteiger partial charge in [0.1, 0.15) is 0 Å². The second-order valence-electron chi connectivity index (χ2n) is 3.35. The predicted molar refractivity (Wildman–Crippen MR) is 59.4 cm³/mol. The number of carbonyl (C=O) groups excluding carboxylic acids is 1. The number of nitrogens with one attached hydrogen (secondary N) is 1. The maximum atomic E-state index is 11.8. The number of carbonyl (C=O) groups is 2. The van der Waals surface area contributed by atoms with Crippen LogP contribution in [0.15, 0.2) is 18.2 Å². The average Bonchev–Trinajstić information content (AvgIpc) is 2.24. The highest BCUT2D eigenvalue weighted by Gasteiger charge is 2.29. The molecule has 0 unspecified atom stereocenters. The maximum absolute atomic E-state index is 11.8. The average molecular weight is 298 g/mol. The van der Waals surface area contributed by atoms with Crippen LogP contribution < -0.4 is 5.32 Å². The SMILES string of the molecule is O=C(Nc1cc(Cl)cc(C(=O)O)c1)OCC(F)(F)F. The number of amides is 1. The second kappa shape index (κ2) is 5.79. The number of anilines is 1. The lowest BCUT2D eigenvalue weighted by Crippen LogP contribution is -2.23. The first-order valence-corrected chi connectivity index (χ1v) is 5.09. The van der Waals surface area contributed by atoms with Crippen molar-refractivity contribution in [2.75, 3.05) is 11.9 Å². The Morgan fingerprint density at radius 3 is 2.47 bits per heavy atom. The fraction of sp³-hybridized carbons (Fsp3) is 0.200. The zero-order chi connectivity index (χ0) is 14.6. The highest BCUT2D eigenvalue weighted by atomic mass is 35.5. The number of rotatable bonds is 3. The van der Waals surface area contributed by atoms with E-state index in [9.17, 15) is 22.8 Å². The van der Waals surface area contributed by atoms with E-state index in [0.29, 0.717) is 0 Å². The van der Waals surface area contributed by atoms with Crippen molar-refractivity contribution in [2.45, 2.75) is 6.18 Å². The Morgan fingerprint density at radius 1 is 1.32 bits per heavy atom. The summed E-state index contributed by atoms with van der Waals surface area (Å²) in [6.07, 6.45) is -6.01. The Kier molecular flexibility index (Phi) is 4.60. The first-order valence-electron chi connectivity index (χ1n) is 4.72. The van der Waals surface area contributed by atoms with Gasteiger partial charge in [0.05, 0.1) is 5.56 Å². The molecule has 19 heavy (non-hydrogen) atoms. The van der Waals surface area contributed by atoms with Crippen LogP contribution in [0.5, 0.6) is 0 Å². The molecular weight excluding hydrogens is 291 g/mol.